The molecule has 0 aliphatic carbocycles. The van der Waals surface area contributed by atoms with Crippen LogP contribution in [0, 0.1) is 0 Å². The molecule has 0 radical (unpaired) electrons. The fraction of sp³-hybridized carbons (Fsp3) is 0.318. The first kappa shape index (κ1) is 19.6. The van der Waals surface area contributed by atoms with Gasteiger partial charge in [-0.1, -0.05) is 37.3 Å². The predicted molar refractivity (Wildman–Crippen MR) is 110 cm³/mol. The maximum Gasteiger partial charge on any atom is 0.322 e. The molecular weight excluding hydrogens is 354 g/mol. The highest BCUT2D eigenvalue weighted by atomic mass is 16.2. The number of aryl methyl sites for hydroxylation is 1. The van der Waals surface area contributed by atoms with E-state index in [2.05, 4.69) is 10.6 Å². The highest BCUT2D eigenvalue weighted by Gasteiger charge is 2.34. The normalized spacial score (nSPS) is 15.9. The number of nitrogens with zero attached hydrogens (tertiary/aromatic N) is 1. The lowest BCUT2D eigenvalue weighted by atomic mass is 10.1. The zero-order valence-electron chi connectivity index (χ0n) is 16.2. The Morgan fingerprint density at radius 2 is 1.86 bits per heavy atom. The quantitative estimate of drug-likeness (QED) is 0.768. The van der Waals surface area contributed by atoms with Crippen LogP contribution >= 0.6 is 0 Å². The Bertz CT molecular complexity index is 894. The second kappa shape index (κ2) is 8.69. The zero-order chi connectivity index (χ0) is 20.1. The summed E-state index contributed by atoms with van der Waals surface area (Å²) in [5, 5.41) is 5.78. The van der Waals surface area contributed by atoms with Crippen molar-refractivity contribution in [1.82, 2.24) is 4.90 Å². The van der Waals surface area contributed by atoms with Crippen LogP contribution in [0.4, 0.5) is 16.2 Å². The van der Waals surface area contributed by atoms with E-state index in [4.69, 9.17) is 0 Å². The number of ketones is 1. The first-order chi connectivity index (χ1) is 13.5. The Kier molecular flexibility index (Phi) is 6.09. The van der Waals surface area contributed by atoms with Gasteiger partial charge >= 0.3 is 6.03 Å². The van der Waals surface area contributed by atoms with Crippen molar-refractivity contribution in [2.75, 3.05) is 17.2 Å². The summed E-state index contributed by atoms with van der Waals surface area (Å²) in [6.07, 6.45) is 2.22. The Hall–Kier alpha value is -3.15. The summed E-state index contributed by atoms with van der Waals surface area (Å²) in [5.74, 6) is -0.241. The molecule has 1 aliphatic rings. The van der Waals surface area contributed by atoms with Gasteiger partial charge in [0.05, 0.1) is 0 Å². The van der Waals surface area contributed by atoms with E-state index in [1.807, 2.05) is 31.2 Å². The molecule has 2 aromatic rings. The summed E-state index contributed by atoms with van der Waals surface area (Å²) >= 11 is 0. The summed E-state index contributed by atoms with van der Waals surface area (Å²) in [6.45, 7) is 4.04. The van der Waals surface area contributed by atoms with Gasteiger partial charge in [0.1, 0.15) is 6.04 Å². The standard InChI is InChI=1S/C22H25N3O3/c1-3-16-8-4-5-11-19(16)24-21(27)20-12-7-13-25(20)22(28)23-18-10-6-9-17(14-18)15(2)26/h4-6,8-11,14,20H,3,7,12-13H2,1-2H3,(H,23,28)(H,24,27)/t20-/m1/s1. The van der Waals surface area contributed by atoms with E-state index in [0.717, 1.165) is 24.1 Å². The van der Waals surface area contributed by atoms with Gasteiger partial charge in [0.25, 0.3) is 0 Å². The number of hydrogen-bond donors (Lipinski definition) is 2. The number of urea groups is 1. The number of anilines is 2. The largest absolute Gasteiger partial charge is 0.324 e. The van der Waals surface area contributed by atoms with Crippen LogP contribution in [0.25, 0.3) is 0 Å². The third-order valence-electron chi connectivity index (χ3n) is 4.99. The van der Waals surface area contributed by atoms with Gasteiger partial charge in [-0.3, -0.25) is 9.59 Å². The van der Waals surface area contributed by atoms with Gasteiger partial charge in [-0.25, -0.2) is 4.79 Å². The van der Waals surface area contributed by atoms with Gasteiger partial charge in [-0.05, 0) is 49.9 Å². The van der Waals surface area contributed by atoms with E-state index in [-0.39, 0.29) is 17.7 Å². The lowest BCUT2D eigenvalue weighted by Crippen LogP contribution is -2.45. The maximum absolute atomic E-state index is 12.8. The number of hydrogen-bond acceptors (Lipinski definition) is 3. The van der Waals surface area contributed by atoms with Crippen LogP contribution in [0.3, 0.4) is 0 Å². The minimum Gasteiger partial charge on any atom is -0.324 e. The third-order valence-corrected chi connectivity index (χ3v) is 4.99. The Morgan fingerprint density at radius 3 is 2.61 bits per heavy atom. The highest BCUT2D eigenvalue weighted by Crippen LogP contribution is 2.22. The summed E-state index contributed by atoms with van der Waals surface area (Å²) in [4.78, 5) is 38.6. The topological polar surface area (TPSA) is 78.5 Å². The fourth-order valence-electron chi connectivity index (χ4n) is 3.46. The number of para-hydroxylation sites is 1. The molecule has 1 saturated heterocycles. The molecular formula is C22H25N3O3. The van der Waals surface area contributed by atoms with Gasteiger partial charge in [0.2, 0.25) is 5.91 Å². The van der Waals surface area contributed by atoms with Crippen molar-refractivity contribution in [2.24, 2.45) is 0 Å². The van der Waals surface area contributed by atoms with Gasteiger partial charge < -0.3 is 15.5 Å². The van der Waals surface area contributed by atoms with Gasteiger partial charge in [-0.15, -0.1) is 0 Å². The molecule has 0 aromatic heterocycles. The van der Waals surface area contributed by atoms with Gasteiger partial charge in [0.15, 0.2) is 5.78 Å². The number of nitrogens with one attached hydrogen (secondary N) is 2. The van der Waals surface area contributed by atoms with Crippen LogP contribution in [0.15, 0.2) is 48.5 Å². The zero-order valence-corrected chi connectivity index (χ0v) is 16.2. The molecule has 28 heavy (non-hydrogen) atoms. The van der Waals surface area contributed by atoms with E-state index in [0.29, 0.717) is 24.2 Å². The highest BCUT2D eigenvalue weighted by molar-refractivity contribution is 6.00. The third kappa shape index (κ3) is 4.39. The first-order valence-corrected chi connectivity index (χ1v) is 9.57. The summed E-state index contributed by atoms with van der Waals surface area (Å²) in [6, 6.07) is 13.6. The van der Waals surface area contributed by atoms with Gasteiger partial charge in [0, 0.05) is 23.5 Å². The molecule has 1 heterocycles. The molecule has 6 heteroatoms. The van der Waals surface area contributed by atoms with Crippen molar-refractivity contribution < 1.29 is 14.4 Å². The summed E-state index contributed by atoms with van der Waals surface area (Å²) < 4.78 is 0. The SMILES string of the molecule is CCc1ccccc1NC(=O)[C@H]1CCCN1C(=O)Nc1cccc(C(C)=O)c1. The minimum atomic E-state index is -0.513. The molecule has 1 aliphatic heterocycles. The van der Waals surface area contributed by atoms with Crippen LogP contribution < -0.4 is 10.6 Å². The molecule has 6 nitrogen and oxygen atoms in total. The van der Waals surface area contributed by atoms with Crippen molar-refractivity contribution in [3.8, 4) is 0 Å². The lowest BCUT2D eigenvalue weighted by molar-refractivity contribution is -0.119. The molecule has 2 aromatic carbocycles. The fourth-order valence-corrected chi connectivity index (χ4v) is 3.46. The molecule has 146 valence electrons. The van der Waals surface area contributed by atoms with E-state index in [9.17, 15) is 14.4 Å². The van der Waals surface area contributed by atoms with Crippen molar-refractivity contribution in [3.05, 3.63) is 59.7 Å². The number of rotatable bonds is 5. The van der Waals surface area contributed by atoms with Crippen LogP contribution in [0.1, 0.15) is 42.6 Å². The van der Waals surface area contributed by atoms with E-state index in [1.165, 1.54) is 6.92 Å². The average Bonchev–Trinajstić information content (AvgIpc) is 3.19. The van der Waals surface area contributed by atoms with Crippen LogP contribution in [-0.4, -0.2) is 35.2 Å². The second-order valence-corrected chi connectivity index (χ2v) is 6.92. The first-order valence-electron chi connectivity index (χ1n) is 9.57. The van der Waals surface area contributed by atoms with Crippen molar-refractivity contribution >= 4 is 29.1 Å². The molecule has 0 saturated carbocycles. The molecule has 1 fully saturated rings. The molecule has 0 spiro atoms. The second-order valence-electron chi connectivity index (χ2n) is 6.92. The molecule has 0 bridgehead atoms. The maximum atomic E-state index is 12.8. The number of likely N-dealkylation sites (tertiary alicyclic amines) is 1. The number of carbonyl (C=O) groups is 3. The number of amides is 3. The molecule has 0 unspecified atom stereocenters. The van der Waals surface area contributed by atoms with E-state index < -0.39 is 6.04 Å². The number of benzene rings is 2. The molecule has 3 amide bonds. The van der Waals surface area contributed by atoms with Gasteiger partial charge in [-0.2, -0.15) is 0 Å². The number of carbonyl (C=O) groups excluding carboxylic acids is 3. The monoisotopic (exact) mass is 379 g/mol. The van der Waals surface area contributed by atoms with Crippen molar-refractivity contribution in [3.63, 3.8) is 0 Å². The van der Waals surface area contributed by atoms with E-state index >= 15 is 0 Å². The Morgan fingerprint density at radius 1 is 1.07 bits per heavy atom. The summed E-state index contributed by atoms with van der Waals surface area (Å²) in [5.41, 5.74) is 2.92. The Balaban J connectivity index is 1.69. The number of Topliss-reactive ketones (excluding diaryl/α,β-unsaturated/α-hetero) is 1. The van der Waals surface area contributed by atoms with Crippen LogP contribution in [-0.2, 0) is 11.2 Å². The smallest absolute Gasteiger partial charge is 0.322 e. The van der Waals surface area contributed by atoms with Crippen LogP contribution in [0.5, 0.6) is 0 Å². The summed E-state index contributed by atoms with van der Waals surface area (Å²) in [7, 11) is 0. The Labute approximate surface area is 164 Å². The predicted octanol–water partition coefficient (Wildman–Crippen LogP) is 4.09. The van der Waals surface area contributed by atoms with E-state index in [1.54, 1.807) is 29.2 Å². The molecule has 1 atom stereocenters. The van der Waals surface area contributed by atoms with Crippen molar-refractivity contribution in [1.29, 1.82) is 0 Å². The molecule has 2 N–H and O–H groups in total. The lowest BCUT2D eigenvalue weighted by Gasteiger charge is -2.24. The minimum absolute atomic E-state index is 0.0656. The van der Waals surface area contributed by atoms with Crippen LogP contribution in [0.2, 0.25) is 0 Å². The molecule has 3 rings (SSSR count). The van der Waals surface area contributed by atoms with Crippen molar-refractivity contribution in [2.45, 2.75) is 39.2 Å². The average molecular weight is 379 g/mol.